The minimum Gasteiger partial charge on any atom is -0.396 e. The van der Waals surface area contributed by atoms with Crippen LogP contribution < -0.4 is 10.6 Å². The molecule has 0 amide bonds. The molecule has 2 aromatic carbocycles. The van der Waals surface area contributed by atoms with Crippen molar-refractivity contribution in [3.63, 3.8) is 0 Å². The molecule has 0 fully saturated rings. The molecule has 3 N–H and O–H groups in total. The van der Waals surface area contributed by atoms with E-state index in [2.05, 4.69) is 71.9 Å². The van der Waals surface area contributed by atoms with Gasteiger partial charge in [0.05, 0.1) is 6.04 Å². The maximum absolute atomic E-state index is 9.15. The molecule has 124 valence electrons. The Bertz CT molecular complexity index is 649. The monoisotopic (exact) mass is 313 g/mol. The Morgan fingerprint density at radius 3 is 2.61 bits per heavy atom. The number of guanidine groups is 1. The van der Waals surface area contributed by atoms with E-state index in [1.54, 1.807) is 0 Å². The molecule has 2 atom stereocenters. The Balaban J connectivity index is 2.18. The molecule has 0 saturated heterocycles. The van der Waals surface area contributed by atoms with Gasteiger partial charge in [-0.3, -0.25) is 4.99 Å². The van der Waals surface area contributed by atoms with Gasteiger partial charge < -0.3 is 15.7 Å². The molecule has 4 nitrogen and oxygen atoms in total. The summed E-state index contributed by atoms with van der Waals surface area (Å²) < 4.78 is 0. The van der Waals surface area contributed by atoms with Gasteiger partial charge in [-0.05, 0) is 36.1 Å². The zero-order valence-electron chi connectivity index (χ0n) is 14.2. The lowest BCUT2D eigenvalue weighted by atomic mass is 10.00. The van der Waals surface area contributed by atoms with Crippen LogP contribution in [0, 0.1) is 5.92 Å². The topological polar surface area (TPSA) is 56.7 Å². The molecule has 0 bridgehead atoms. The summed E-state index contributed by atoms with van der Waals surface area (Å²) in [6.45, 7) is 7.75. The lowest BCUT2D eigenvalue weighted by molar-refractivity contribution is 0.241. The number of nitrogens with one attached hydrogen (secondary N) is 2. The molecule has 0 aromatic heterocycles. The van der Waals surface area contributed by atoms with Gasteiger partial charge in [-0.2, -0.15) is 0 Å². The summed E-state index contributed by atoms with van der Waals surface area (Å²) >= 11 is 0. The predicted octanol–water partition coefficient (Wildman–Crippen LogP) is 3.08. The van der Waals surface area contributed by atoms with Gasteiger partial charge in [0, 0.05) is 19.7 Å². The van der Waals surface area contributed by atoms with Crippen LogP contribution in [0.4, 0.5) is 0 Å². The Labute approximate surface area is 138 Å². The largest absolute Gasteiger partial charge is 0.396 e. The van der Waals surface area contributed by atoms with Gasteiger partial charge in [-0.15, -0.1) is 0 Å². The summed E-state index contributed by atoms with van der Waals surface area (Å²) in [5.41, 5.74) is 1.25. The number of aliphatic imine (C=N–C) groups is 1. The highest BCUT2D eigenvalue weighted by molar-refractivity contribution is 5.87. The van der Waals surface area contributed by atoms with Crippen molar-refractivity contribution in [1.82, 2.24) is 10.6 Å². The Hall–Kier alpha value is -2.07. The molecule has 2 rings (SSSR count). The van der Waals surface area contributed by atoms with Gasteiger partial charge in [0.15, 0.2) is 5.96 Å². The quantitative estimate of drug-likeness (QED) is 0.567. The van der Waals surface area contributed by atoms with E-state index < -0.39 is 0 Å². The SMILES string of the molecule is CCNC(=NCC(C)CO)NC(C)c1cccc2ccccc12. The standard InChI is InChI=1S/C19H27N3O/c1-4-20-19(21-12-14(2)13-23)22-15(3)17-11-7-9-16-8-5-6-10-18(16)17/h5-11,14-15,23H,4,12-13H2,1-3H3,(H2,20,21,22). The van der Waals surface area contributed by atoms with Gasteiger partial charge in [0.2, 0.25) is 0 Å². The third-order valence-corrected chi connectivity index (χ3v) is 3.86. The highest BCUT2D eigenvalue weighted by atomic mass is 16.3. The maximum Gasteiger partial charge on any atom is 0.191 e. The molecule has 0 aliphatic rings. The highest BCUT2D eigenvalue weighted by Crippen LogP contribution is 2.23. The lowest BCUT2D eigenvalue weighted by Crippen LogP contribution is -2.39. The second kappa shape index (κ2) is 8.53. The first kappa shape index (κ1) is 17.3. The number of aliphatic hydroxyl groups excluding tert-OH is 1. The fourth-order valence-electron chi connectivity index (χ4n) is 2.54. The second-order valence-electron chi connectivity index (χ2n) is 5.94. The van der Waals surface area contributed by atoms with Crippen LogP contribution in [-0.2, 0) is 0 Å². The smallest absolute Gasteiger partial charge is 0.191 e. The number of hydrogen-bond donors (Lipinski definition) is 3. The van der Waals surface area contributed by atoms with Crippen LogP contribution in [0.25, 0.3) is 10.8 Å². The molecule has 0 aliphatic carbocycles. The Morgan fingerprint density at radius 2 is 1.87 bits per heavy atom. The summed E-state index contributed by atoms with van der Waals surface area (Å²) in [6, 6.07) is 14.9. The van der Waals surface area contributed by atoms with Gasteiger partial charge in [0.25, 0.3) is 0 Å². The zero-order valence-corrected chi connectivity index (χ0v) is 14.2. The number of aliphatic hydroxyl groups is 1. The van der Waals surface area contributed by atoms with Crippen LogP contribution >= 0.6 is 0 Å². The Kier molecular flexibility index (Phi) is 6.41. The summed E-state index contributed by atoms with van der Waals surface area (Å²) in [7, 11) is 0. The normalized spacial score (nSPS) is 14.5. The molecule has 0 heterocycles. The van der Waals surface area contributed by atoms with Crippen molar-refractivity contribution < 1.29 is 5.11 Å². The zero-order chi connectivity index (χ0) is 16.7. The predicted molar refractivity (Wildman–Crippen MR) is 97.7 cm³/mol. The molecule has 0 aliphatic heterocycles. The first-order chi connectivity index (χ1) is 11.2. The summed E-state index contributed by atoms with van der Waals surface area (Å²) in [5, 5.41) is 18.4. The van der Waals surface area contributed by atoms with Crippen molar-refractivity contribution in [3.05, 3.63) is 48.0 Å². The van der Waals surface area contributed by atoms with Crippen molar-refractivity contribution in [2.45, 2.75) is 26.8 Å². The van der Waals surface area contributed by atoms with Crippen LogP contribution in [0.5, 0.6) is 0 Å². The van der Waals surface area contributed by atoms with Gasteiger partial charge in [0.1, 0.15) is 0 Å². The van der Waals surface area contributed by atoms with Crippen LogP contribution in [0.15, 0.2) is 47.5 Å². The number of hydrogen-bond acceptors (Lipinski definition) is 2. The number of fused-ring (bicyclic) bond motifs is 1. The summed E-state index contributed by atoms with van der Waals surface area (Å²) in [6.07, 6.45) is 0. The minimum absolute atomic E-state index is 0.142. The molecule has 23 heavy (non-hydrogen) atoms. The fourth-order valence-corrected chi connectivity index (χ4v) is 2.54. The third kappa shape index (κ3) is 4.70. The van der Waals surface area contributed by atoms with E-state index in [0.717, 1.165) is 12.5 Å². The molecule has 4 heteroatoms. The first-order valence-corrected chi connectivity index (χ1v) is 8.29. The van der Waals surface area contributed by atoms with Crippen LogP contribution in [0.1, 0.15) is 32.4 Å². The molecule has 2 aromatic rings. The molecule has 0 saturated carbocycles. The van der Waals surface area contributed by atoms with Crippen molar-refractivity contribution in [1.29, 1.82) is 0 Å². The van der Waals surface area contributed by atoms with E-state index in [9.17, 15) is 0 Å². The van der Waals surface area contributed by atoms with E-state index in [1.807, 2.05) is 6.92 Å². The van der Waals surface area contributed by atoms with Crippen molar-refractivity contribution in [3.8, 4) is 0 Å². The number of benzene rings is 2. The van der Waals surface area contributed by atoms with Gasteiger partial charge in [-0.25, -0.2) is 0 Å². The second-order valence-corrected chi connectivity index (χ2v) is 5.94. The van der Waals surface area contributed by atoms with E-state index in [1.165, 1.54) is 16.3 Å². The average Bonchev–Trinajstić information content (AvgIpc) is 2.58. The highest BCUT2D eigenvalue weighted by Gasteiger charge is 2.11. The summed E-state index contributed by atoms with van der Waals surface area (Å²) in [4.78, 5) is 4.56. The number of nitrogens with zero attached hydrogens (tertiary/aromatic N) is 1. The van der Waals surface area contributed by atoms with Crippen molar-refractivity contribution in [2.75, 3.05) is 19.7 Å². The molecule has 0 radical (unpaired) electrons. The van der Waals surface area contributed by atoms with Crippen LogP contribution in [0.2, 0.25) is 0 Å². The minimum atomic E-state index is 0.142. The molecule has 2 unspecified atom stereocenters. The average molecular weight is 313 g/mol. The van der Waals surface area contributed by atoms with Crippen LogP contribution in [0.3, 0.4) is 0 Å². The van der Waals surface area contributed by atoms with Crippen molar-refractivity contribution >= 4 is 16.7 Å². The molecule has 0 spiro atoms. The Morgan fingerprint density at radius 1 is 1.13 bits per heavy atom. The number of rotatable bonds is 6. The molecular formula is C19H27N3O. The van der Waals surface area contributed by atoms with E-state index in [4.69, 9.17) is 5.11 Å². The summed E-state index contributed by atoms with van der Waals surface area (Å²) in [5.74, 6) is 0.951. The van der Waals surface area contributed by atoms with Gasteiger partial charge in [-0.1, -0.05) is 49.4 Å². The van der Waals surface area contributed by atoms with E-state index >= 15 is 0 Å². The third-order valence-electron chi connectivity index (χ3n) is 3.86. The van der Waals surface area contributed by atoms with E-state index in [-0.39, 0.29) is 18.6 Å². The lowest BCUT2D eigenvalue weighted by Gasteiger charge is -2.20. The molecular weight excluding hydrogens is 286 g/mol. The first-order valence-electron chi connectivity index (χ1n) is 8.29. The van der Waals surface area contributed by atoms with Crippen molar-refractivity contribution in [2.24, 2.45) is 10.9 Å². The fraction of sp³-hybridized carbons (Fsp3) is 0.421. The maximum atomic E-state index is 9.15. The van der Waals surface area contributed by atoms with Gasteiger partial charge >= 0.3 is 0 Å². The van der Waals surface area contributed by atoms with Crippen LogP contribution in [-0.4, -0.2) is 30.8 Å². The van der Waals surface area contributed by atoms with E-state index in [0.29, 0.717) is 6.54 Å².